The molecule has 0 fully saturated rings. The molecule has 0 unspecified atom stereocenters. The highest BCUT2D eigenvalue weighted by Gasteiger charge is 2.12. The van der Waals surface area contributed by atoms with E-state index in [1.807, 2.05) is 28.5 Å². The maximum atomic E-state index is 4.60. The third-order valence-electron chi connectivity index (χ3n) is 2.75. The Kier molecular flexibility index (Phi) is 2.66. The van der Waals surface area contributed by atoms with Crippen LogP contribution >= 0.6 is 11.3 Å². The third-order valence-corrected chi connectivity index (χ3v) is 3.70. The Morgan fingerprint density at radius 3 is 2.83 bits per heavy atom. The molecule has 0 radical (unpaired) electrons. The second-order valence-electron chi connectivity index (χ2n) is 4.79. The molecule has 6 heteroatoms. The minimum atomic E-state index is 0.623. The van der Waals surface area contributed by atoms with Gasteiger partial charge in [0.1, 0.15) is 10.7 Å². The molecule has 94 valence electrons. The van der Waals surface area contributed by atoms with Gasteiger partial charge in [-0.25, -0.2) is 9.50 Å². The smallest absolute Gasteiger partial charge is 0.212 e. The van der Waals surface area contributed by atoms with Crippen molar-refractivity contribution in [3.8, 4) is 11.4 Å². The molecule has 3 aromatic rings. The van der Waals surface area contributed by atoms with Gasteiger partial charge in [-0.15, -0.1) is 0 Å². The number of hydrogen-bond donors (Lipinski definition) is 0. The van der Waals surface area contributed by atoms with Crippen molar-refractivity contribution < 1.29 is 0 Å². The van der Waals surface area contributed by atoms with E-state index in [9.17, 15) is 0 Å². The molecular formula is C12H15N5S. The molecule has 0 saturated heterocycles. The number of imidazole rings is 1. The minimum absolute atomic E-state index is 0.623. The number of aryl methyl sites for hydroxylation is 1. The fourth-order valence-corrected chi connectivity index (χ4v) is 3.01. The number of fused-ring (bicyclic) bond motifs is 1. The van der Waals surface area contributed by atoms with Crippen LogP contribution in [0.15, 0.2) is 18.5 Å². The minimum Gasteiger partial charge on any atom is -0.266 e. The van der Waals surface area contributed by atoms with Gasteiger partial charge in [-0.1, -0.05) is 25.2 Å². The van der Waals surface area contributed by atoms with E-state index in [2.05, 4.69) is 29.0 Å². The van der Waals surface area contributed by atoms with Crippen molar-refractivity contribution in [1.82, 2.24) is 24.4 Å². The molecule has 3 heterocycles. The first kappa shape index (κ1) is 11.4. The molecule has 18 heavy (non-hydrogen) atoms. The topological polar surface area (TPSA) is 48.0 Å². The quantitative estimate of drug-likeness (QED) is 0.727. The lowest BCUT2D eigenvalue weighted by atomic mass is 10.1. The first-order chi connectivity index (χ1) is 8.63. The second-order valence-corrected chi connectivity index (χ2v) is 5.83. The summed E-state index contributed by atoms with van der Waals surface area (Å²) in [6, 6.07) is 1.96. The summed E-state index contributed by atoms with van der Waals surface area (Å²) in [6.45, 7) is 4.40. The zero-order chi connectivity index (χ0) is 12.7. The Morgan fingerprint density at radius 1 is 1.39 bits per heavy atom. The summed E-state index contributed by atoms with van der Waals surface area (Å²) < 4.78 is 3.69. The molecule has 5 nitrogen and oxygen atoms in total. The fourth-order valence-electron chi connectivity index (χ4n) is 1.92. The molecule has 0 aliphatic carbocycles. The van der Waals surface area contributed by atoms with Crippen molar-refractivity contribution in [1.29, 1.82) is 0 Å². The van der Waals surface area contributed by atoms with Crippen LogP contribution < -0.4 is 0 Å². The van der Waals surface area contributed by atoms with Crippen LogP contribution in [0.2, 0.25) is 0 Å². The largest absolute Gasteiger partial charge is 0.266 e. The Labute approximate surface area is 109 Å². The van der Waals surface area contributed by atoms with E-state index in [-0.39, 0.29) is 0 Å². The summed E-state index contributed by atoms with van der Waals surface area (Å²) in [5, 5.41) is 9.85. The van der Waals surface area contributed by atoms with Crippen LogP contribution in [0.4, 0.5) is 0 Å². The van der Waals surface area contributed by atoms with Gasteiger partial charge >= 0.3 is 0 Å². The van der Waals surface area contributed by atoms with Crippen molar-refractivity contribution in [3.05, 3.63) is 23.5 Å². The predicted octanol–water partition coefficient (Wildman–Crippen LogP) is 2.39. The Balaban J connectivity index is 1.98. The SMILES string of the molecule is CC(C)Cc1nn2cc(-c3ccnn3C)nc2s1. The van der Waals surface area contributed by atoms with E-state index in [4.69, 9.17) is 0 Å². The van der Waals surface area contributed by atoms with Crippen LogP contribution in [0, 0.1) is 5.92 Å². The van der Waals surface area contributed by atoms with Gasteiger partial charge in [0.25, 0.3) is 0 Å². The molecule has 0 amide bonds. The summed E-state index contributed by atoms with van der Waals surface area (Å²) in [6.07, 6.45) is 4.75. The molecular weight excluding hydrogens is 246 g/mol. The van der Waals surface area contributed by atoms with Gasteiger partial charge in [-0.3, -0.25) is 4.68 Å². The normalized spacial score (nSPS) is 11.8. The zero-order valence-electron chi connectivity index (χ0n) is 10.7. The molecule has 0 saturated carbocycles. The molecule has 0 aliphatic rings. The van der Waals surface area contributed by atoms with Crippen molar-refractivity contribution in [3.63, 3.8) is 0 Å². The third kappa shape index (κ3) is 1.92. The van der Waals surface area contributed by atoms with Gasteiger partial charge in [-0.2, -0.15) is 10.2 Å². The van der Waals surface area contributed by atoms with Gasteiger partial charge in [-0.05, 0) is 12.0 Å². The Hall–Kier alpha value is -1.69. The second kappa shape index (κ2) is 4.20. The summed E-state index contributed by atoms with van der Waals surface area (Å²) in [5.41, 5.74) is 1.93. The van der Waals surface area contributed by atoms with Gasteiger partial charge < -0.3 is 0 Å². The molecule has 0 aromatic carbocycles. The molecule has 3 aromatic heterocycles. The zero-order valence-corrected chi connectivity index (χ0v) is 11.5. The van der Waals surface area contributed by atoms with Crippen LogP contribution in [-0.2, 0) is 13.5 Å². The summed E-state index contributed by atoms with van der Waals surface area (Å²) in [4.78, 5) is 5.55. The molecule has 0 aliphatic heterocycles. The van der Waals surface area contributed by atoms with Crippen LogP contribution in [0.5, 0.6) is 0 Å². The van der Waals surface area contributed by atoms with Gasteiger partial charge in [0.15, 0.2) is 0 Å². The fraction of sp³-hybridized carbons (Fsp3) is 0.417. The lowest BCUT2D eigenvalue weighted by Gasteiger charge is -1.98. The maximum Gasteiger partial charge on any atom is 0.212 e. The van der Waals surface area contributed by atoms with E-state index in [1.165, 1.54) is 0 Å². The van der Waals surface area contributed by atoms with Gasteiger partial charge in [0, 0.05) is 19.7 Å². The lowest BCUT2D eigenvalue weighted by Crippen LogP contribution is -1.95. The van der Waals surface area contributed by atoms with Gasteiger partial charge in [0.2, 0.25) is 4.96 Å². The number of hydrogen-bond acceptors (Lipinski definition) is 4. The standard InChI is InChI=1S/C12H15N5S/c1-8(2)6-11-15-17-7-9(14-12(17)18-11)10-4-5-13-16(10)3/h4-5,7-8H,6H2,1-3H3. The van der Waals surface area contributed by atoms with Crippen LogP contribution in [0.1, 0.15) is 18.9 Å². The van der Waals surface area contributed by atoms with Crippen molar-refractivity contribution in [2.75, 3.05) is 0 Å². The molecule has 0 N–H and O–H groups in total. The Morgan fingerprint density at radius 2 is 2.22 bits per heavy atom. The molecule has 0 atom stereocenters. The van der Waals surface area contributed by atoms with Crippen LogP contribution in [0.3, 0.4) is 0 Å². The van der Waals surface area contributed by atoms with Crippen LogP contribution in [0.25, 0.3) is 16.3 Å². The lowest BCUT2D eigenvalue weighted by molar-refractivity contribution is 0.637. The van der Waals surface area contributed by atoms with Crippen molar-refractivity contribution >= 4 is 16.3 Å². The van der Waals surface area contributed by atoms with E-state index in [0.717, 1.165) is 27.8 Å². The Bertz CT molecular complexity index is 644. The monoisotopic (exact) mass is 261 g/mol. The number of aromatic nitrogens is 5. The van der Waals surface area contributed by atoms with E-state index in [0.29, 0.717) is 5.92 Å². The van der Waals surface area contributed by atoms with Crippen LogP contribution in [-0.4, -0.2) is 24.4 Å². The average molecular weight is 261 g/mol. The highest BCUT2D eigenvalue weighted by Crippen LogP contribution is 2.22. The van der Waals surface area contributed by atoms with E-state index >= 15 is 0 Å². The first-order valence-electron chi connectivity index (χ1n) is 5.97. The molecule has 0 spiro atoms. The highest BCUT2D eigenvalue weighted by molar-refractivity contribution is 7.16. The highest BCUT2D eigenvalue weighted by atomic mass is 32.1. The van der Waals surface area contributed by atoms with Crippen molar-refractivity contribution in [2.45, 2.75) is 20.3 Å². The maximum absolute atomic E-state index is 4.60. The average Bonchev–Trinajstić information content (AvgIpc) is 2.90. The molecule has 0 bridgehead atoms. The number of nitrogens with zero attached hydrogens (tertiary/aromatic N) is 5. The summed E-state index contributed by atoms with van der Waals surface area (Å²) >= 11 is 1.66. The molecule has 3 rings (SSSR count). The first-order valence-corrected chi connectivity index (χ1v) is 6.78. The summed E-state index contributed by atoms with van der Waals surface area (Å²) in [5.74, 6) is 0.623. The van der Waals surface area contributed by atoms with E-state index in [1.54, 1.807) is 17.5 Å². The van der Waals surface area contributed by atoms with Crippen molar-refractivity contribution in [2.24, 2.45) is 13.0 Å². The summed E-state index contributed by atoms with van der Waals surface area (Å²) in [7, 11) is 1.92. The predicted molar refractivity (Wildman–Crippen MR) is 71.6 cm³/mol. The number of rotatable bonds is 3. The van der Waals surface area contributed by atoms with Gasteiger partial charge in [0.05, 0.1) is 11.9 Å². The van der Waals surface area contributed by atoms with E-state index < -0.39 is 0 Å².